The molecule has 2 aliphatic heterocycles. The Balaban J connectivity index is 1.39. The SMILES string of the molecule is CN=C(NCCOCC1CCCO1)N1CC=C(c2ccccc2)CC1. The monoisotopic (exact) mass is 343 g/mol. The van der Waals surface area contributed by atoms with Gasteiger partial charge in [-0.05, 0) is 30.4 Å². The van der Waals surface area contributed by atoms with Crippen LogP contribution in [0.25, 0.3) is 5.57 Å². The van der Waals surface area contributed by atoms with Gasteiger partial charge in [0.25, 0.3) is 0 Å². The van der Waals surface area contributed by atoms with Gasteiger partial charge in [-0.15, -0.1) is 0 Å². The van der Waals surface area contributed by atoms with Crippen LogP contribution in [-0.2, 0) is 9.47 Å². The number of ether oxygens (including phenoxy) is 2. The lowest BCUT2D eigenvalue weighted by atomic mass is 10.00. The average Bonchev–Trinajstić information content (AvgIpc) is 3.19. The first kappa shape index (κ1) is 18.0. The summed E-state index contributed by atoms with van der Waals surface area (Å²) in [6.07, 6.45) is 5.92. The second kappa shape index (κ2) is 9.59. The smallest absolute Gasteiger partial charge is 0.194 e. The number of nitrogens with zero attached hydrogens (tertiary/aromatic N) is 2. The topological polar surface area (TPSA) is 46.1 Å². The Kier molecular flexibility index (Phi) is 6.89. The van der Waals surface area contributed by atoms with Gasteiger partial charge in [-0.1, -0.05) is 36.4 Å². The summed E-state index contributed by atoms with van der Waals surface area (Å²) in [6.45, 7) is 4.90. The molecule has 1 N–H and O–H groups in total. The first-order valence-corrected chi connectivity index (χ1v) is 9.26. The largest absolute Gasteiger partial charge is 0.377 e. The Bertz CT molecular complexity index is 580. The minimum atomic E-state index is 0.294. The molecule has 1 unspecified atom stereocenters. The van der Waals surface area contributed by atoms with E-state index in [1.54, 1.807) is 0 Å². The van der Waals surface area contributed by atoms with Gasteiger partial charge in [-0.25, -0.2) is 0 Å². The molecule has 0 spiro atoms. The molecule has 25 heavy (non-hydrogen) atoms. The van der Waals surface area contributed by atoms with E-state index >= 15 is 0 Å². The van der Waals surface area contributed by atoms with Gasteiger partial charge in [0.05, 0.1) is 19.3 Å². The predicted molar refractivity (Wildman–Crippen MR) is 102 cm³/mol. The van der Waals surface area contributed by atoms with E-state index in [-0.39, 0.29) is 0 Å². The van der Waals surface area contributed by atoms with Crippen LogP contribution in [0.1, 0.15) is 24.8 Å². The van der Waals surface area contributed by atoms with Crippen molar-refractivity contribution in [1.82, 2.24) is 10.2 Å². The van der Waals surface area contributed by atoms with Crippen molar-refractivity contribution in [3.63, 3.8) is 0 Å². The van der Waals surface area contributed by atoms with Gasteiger partial charge in [0.2, 0.25) is 0 Å². The summed E-state index contributed by atoms with van der Waals surface area (Å²) in [7, 11) is 1.84. The third-order valence-corrected chi connectivity index (χ3v) is 4.72. The quantitative estimate of drug-likeness (QED) is 0.490. The van der Waals surface area contributed by atoms with Gasteiger partial charge >= 0.3 is 0 Å². The molecule has 0 aliphatic carbocycles. The molecule has 2 aliphatic rings. The molecule has 0 radical (unpaired) electrons. The number of nitrogens with one attached hydrogen (secondary N) is 1. The van der Waals surface area contributed by atoms with Crippen molar-refractivity contribution in [3.8, 4) is 0 Å². The van der Waals surface area contributed by atoms with Crippen LogP contribution in [-0.4, -0.2) is 63.5 Å². The number of hydrogen-bond donors (Lipinski definition) is 1. The van der Waals surface area contributed by atoms with E-state index in [4.69, 9.17) is 9.47 Å². The third kappa shape index (κ3) is 5.31. The van der Waals surface area contributed by atoms with Crippen LogP contribution in [0, 0.1) is 0 Å². The first-order valence-electron chi connectivity index (χ1n) is 9.26. The molecule has 1 aromatic rings. The molecule has 0 saturated carbocycles. The van der Waals surface area contributed by atoms with Crippen molar-refractivity contribution in [3.05, 3.63) is 42.0 Å². The third-order valence-electron chi connectivity index (χ3n) is 4.72. The number of benzene rings is 1. The van der Waals surface area contributed by atoms with Crippen LogP contribution in [0.2, 0.25) is 0 Å². The Morgan fingerprint density at radius 2 is 2.24 bits per heavy atom. The van der Waals surface area contributed by atoms with Gasteiger partial charge < -0.3 is 19.7 Å². The number of hydrogen-bond acceptors (Lipinski definition) is 3. The zero-order chi connectivity index (χ0) is 17.3. The van der Waals surface area contributed by atoms with Crippen LogP contribution in [0.5, 0.6) is 0 Å². The fraction of sp³-hybridized carbons (Fsp3) is 0.550. The van der Waals surface area contributed by atoms with Crippen LogP contribution >= 0.6 is 0 Å². The van der Waals surface area contributed by atoms with Gasteiger partial charge in [0, 0.05) is 33.3 Å². The minimum absolute atomic E-state index is 0.294. The maximum Gasteiger partial charge on any atom is 0.194 e. The molecule has 3 rings (SSSR count). The zero-order valence-corrected chi connectivity index (χ0v) is 15.1. The second-order valence-electron chi connectivity index (χ2n) is 6.48. The highest BCUT2D eigenvalue weighted by Crippen LogP contribution is 2.21. The molecule has 0 aromatic heterocycles. The molecule has 0 amide bonds. The molecule has 1 fully saturated rings. The highest BCUT2D eigenvalue weighted by atomic mass is 16.5. The fourth-order valence-corrected chi connectivity index (χ4v) is 3.33. The molecule has 136 valence electrons. The van der Waals surface area contributed by atoms with Crippen molar-refractivity contribution in [1.29, 1.82) is 0 Å². The fourth-order valence-electron chi connectivity index (χ4n) is 3.33. The van der Waals surface area contributed by atoms with E-state index in [0.717, 1.165) is 51.5 Å². The lowest BCUT2D eigenvalue weighted by Crippen LogP contribution is -2.44. The summed E-state index contributed by atoms with van der Waals surface area (Å²) in [4.78, 5) is 6.69. The average molecular weight is 343 g/mol. The highest BCUT2D eigenvalue weighted by molar-refractivity contribution is 5.81. The Morgan fingerprint density at radius 1 is 1.36 bits per heavy atom. The Labute approximate surface area is 150 Å². The second-order valence-corrected chi connectivity index (χ2v) is 6.48. The van der Waals surface area contributed by atoms with Gasteiger partial charge in [-0.2, -0.15) is 0 Å². The standard InChI is InChI=1S/C20H29N3O2/c1-21-20(22-11-15-24-16-19-8-5-14-25-19)23-12-9-18(10-13-23)17-6-3-2-4-7-17/h2-4,6-7,9,19H,5,8,10-16H2,1H3,(H,21,22). The van der Waals surface area contributed by atoms with Crippen molar-refractivity contribution in [2.45, 2.75) is 25.4 Å². The molecule has 0 bridgehead atoms. The molecule has 1 atom stereocenters. The van der Waals surface area contributed by atoms with Crippen LogP contribution in [0.4, 0.5) is 0 Å². The van der Waals surface area contributed by atoms with E-state index in [1.807, 2.05) is 7.05 Å². The van der Waals surface area contributed by atoms with Gasteiger partial charge in [0.1, 0.15) is 0 Å². The predicted octanol–water partition coefficient (Wildman–Crippen LogP) is 2.55. The molecule has 2 heterocycles. The maximum absolute atomic E-state index is 5.70. The number of aliphatic imine (C=N–C) groups is 1. The molecular formula is C20H29N3O2. The molecule has 5 nitrogen and oxygen atoms in total. The van der Waals surface area contributed by atoms with E-state index in [0.29, 0.717) is 19.3 Å². The number of guanidine groups is 1. The summed E-state index contributed by atoms with van der Waals surface area (Å²) in [5.74, 6) is 0.948. The van der Waals surface area contributed by atoms with E-state index < -0.39 is 0 Å². The van der Waals surface area contributed by atoms with Crippen molar-refractivity contribution < 1.29 is 9.47 Å². The summed E-state index contributed by atoms with van der Waals surface area (Å²) in [5.41, 5.74) is 2.75. The zero-order valence-electron chi connectivity index (χ0n) is 15.1. The lowest BCUT2D eigenvalue weighted by Gasteiger charge is -2.29. The highest BCUT2D eigenvalue weighted by Gasteiger charge is 2.17. The van der Waals surface area contributed by atoms with Crippen LogP contribution in [0.15, 0.2) is 41.4 Å². The Hall–Kier alpha value is -1.85. The van der Waals surface area contributed by atoms with Gasteiger partial charge in [-0.3, -0.25) is 4.99 Å². The normalized spacial score (nSPS) is 21.3. The lowest BCUT2D eigenvalue weighted by molar-refractivity contribution is 0.0190. The molecule has 1 saturated heterocycles. The van der Waals surface area contributed by atoms with Crippen molar-refractivity contribution >= 4 is 11.5 Å². The minimum Gasteiger partial charge on any atom is -0.377 e. The maximum atomic E-state index is 5.70. The van der Waals surface area contributed by atoms with Gasteiger partial charge in [0.15, 0.2) is 5.96 Å². The van der Waals surface area contributed by atoms with E-state index in [2.05, 4.69) is 51.6 Å². The van der Waals surface area contributed by atoms with Crippen LogP contribution in [0.3, 0.4) is 0 Å². The summed E-state index contributed by atoms with van der Waals surface area (Å²) in [6, 6.07) is 10.6. The van der Waals surface area contributed by atoms with E-state index in [1.165, 1.54) is 11.1 Å². The van der Waals surface area contributed by atoms with Crippen molar-refractivity contribution in [2.75, 3.05) is 46.5 Å². The summed E-state index contributed by atoms with van der Waals surface area (Å²) in [5, 5.41) is 3.40. The summed E-state index contributed by atoms with van der Waals surface area (Å²) < 4.78 is 11.3. The number of rotatable bonds is 6. The summed E-state index contributed by atoms with van der Waals surface area (Å²) >= 11 is 0. The first-order chi connectivity index (χ1) is 12.4. The molecular weight excluding hydrogens is 314 g/mol. The van der Waals surface area contributed by atoms with E-state index in [9.17, 15) is 0 Å². The molecule has 5 heteroatoms. The van der Waals surface area contributed by atoms with Crippen molar-refractivity contribution in [2.24, 2.45) is 4.99 Å². The molecule has 1 aromatic carbocycles. The van der Waals surface area contributed by atoms with Crippen LogP contribution < -0.4 is 5.32 Å². The Morgan fingerprint density at radius 3 is 2.92 bits per heavy atom.